The van der Waals surface area contributed by atoms with Gasteiger partial charge in [0.2, 0.25) is 0 Å². The molecule has 0 heterocycles. The van der Waals surface area contributed by atoms with E-state index in [4.69, 9.17) is 16.3 Å². The van der Waals surface area contributed by atoms with E-state index in [0.717, 1.165) is 0 Å². The molecule has 0 saturated heterocycles. The van der Waals surface area contributed by atoms with Crippen LogP contribution in [0.3, 0.4) is 0 Å². The van der Waals surface area contributed by atoms with E-state index in [1.54, 1.807) is 54.6 Å². The van der Waals surface area contributed by atoms with Crippen LogP contribution in [0.25, 0.3) is 0 Å². The molecule has 0 saturated carbocycles. The van der Waals surface area contributed by atoms with Crippen molar-refractivity contribution >= 4 is 34.9 Å². The van der Waals surface area contributed by atoms with Crippen LogP contribution in [0.2, 0.25) is 5.02 Å². The molecule has 130 valence electrons. The molecule has 0 aliphatic carbocycles. The summed E-state index contributed by atoms with van der Waals surface area (Å²) in [6, 6.07) is 13.2. The van der Waals surface area contributed by atoms with Crippen LogP contribution >= 0.6 is 11.6 Å². The van der Waals surface area contributed by atoms with E-state index >= 15 is 0 Å². The summed E-state index contributed by atoms with van der Waals surface area (Å²) in [6.45, 7) is 3.78. The quantitative estimate of drug-likeness (QED) is 0.660. The van der Waals surface area contributed by atoms with Gasteiger partial charge in [0, 0.05) is 22.9 Å². The van der Waals surface area contributed by atoms with Crippen LogP contribution in [-0.2, 0) is 4.79 Å². The first kappa shape index (κ1) is 18.4. The molecule has 2 aromatic carbocycles. The Hall–Kier alpha value is -2.99. The van der Waals surface area contributed by atoms with Gasteiger partial charge in [-0.2, -0.15) is 0 Å². The van der Waals surface area contributed by atoms with Gasteiger partial charge in [-0.1, -0.05) is 17.7 Å². The monoisotopic (exact) mass is 359 g/mol. The maximum absolute atomic E-state index is 11.9. The highest BCUT2D eigenvalue weighted by atomic mass is 35.5. The highest BCUT2D eigenvalue weighted by Crippen LogP contribution is 2.16. The standard InChI is InChI=1S/C18H18ClN3O3/c1-2-11-20-18(24)22-15-7-5-14(6-8-15)21-17(23)12-25-16-9-3-13(19)4-10-16/h2-10H,1,11-12H2,(H,21,23)(H2,20,22,24). The number of urea groups is 1. The van der Waals surface area contributed by atoms with E-state index in [1.165, 1.54) is 0 Å². The zero-order valence-corrected chi connectivity index (χ0v) is 14.2. The second-order valence-electron chi connectivity index (χ2n) is 4.99. The minimum atomic E-state index is -0.326. The number of carbonyl (C=O) groups excluding carboxylic acids is 2. The second-order valence-corrected chi connectivity index (χ2v) is 5.43. The number of halogens is 1. The summed E-state index contributed by atoms with van der Waals surface area (Å²) in [4.78, 5) is 23.4. The Bertz CT molecular complexity index is 730. The molecule has 3 N–H and O–H groups in total. The van der Waals surface area contributed by atoms with Gasteiger partial charge in [-0.05, 0) is 48.5 Å². The van der Waals surface area contributed by atoms with Crippen LogP contribution in [0.15, 0.2) is 61.2 Å². The molecular formula is C18H18ClN3O3. The van der Waals surface area contributed by atoms with Crippen molar-refractivity contribution in [3.8, 4) is 5.75 Å². The van der Waals surface area contributed by atoms with Gasteiger partial charge < -0.3 is 20.7 Å². The predicted octanol–water partition coefficient (Wildman–Crippen LogP) is 3.67. The molecule has 0 spiro atoms. The lowest BCUT2D eigenvalue weighted by Crippen LogP contribution is -2.28. The lowest BCUT2D eigenvalue weighted by atomic mass is 10.3. The topological polar surface area (TPSA) is 79.5 Å². The van der Waals surface area contributed by atoms with Crippen LogP contribution < -0.4 is 20.7 Å². The van der Waals surface area contributed by atoms with E-state index in [-0.39, 0.29) is 18.5 Å². The first-order valence-electron chi connectivity index (χ1n) is 7.51. The maximum atomic E-state index is 11.9. The number of amides is 3. The predicted molar refractivity (Wildman–Crippen MR) is 99.2 cm³/mol. The third kappa shape index (κ3) is 6.56. The van der Waals surface area contributed by atoms with Crippen molar-refractivity contribution in [1.82, 2.24) is 5.32 Å². The first-order chi connectivity index (χ1) is 12.1. The molecule has 7 heteroatoms. The van der Waals surface area contributed by atoms with Crippen molar-refractivity contribution in [2.45, 2.75) is 0 Å². The van der Waals surface area contributed by atoms with Crippen molar-refractivity contribution in [3.63, 3.8) is 0 Å². The Kier molecular flexibility index (Phi) is 6.86. The summed E-state index contributed by atoms with van der Waals surface area (Å²) in [7, 11) is 0. The molecule has 0 aliphatic heterocycles. The molecule has 0 unspecified atom stereocenters. The number of rotatable bonds is 7. The fourth-order valence-corrected chi connectivity index (χ4v) is 1.98. The van der Waals surface area contributed by atoms with Gasteiger partial charge in [0.15, 0.2) is 6.61 Å². The highest BCUT2D eigenvalue weighted by Gasteiger charge is 2.05. The third-order valence-corrected chi connectivity index (χ3v) is 3.27. The van der Waals surface area contributed by atoms with Crippen molar-refractivity contribution in [2.75, 3.05) is 23.8 Å². The second kappa shape index (κ2) is 9.34. The summed E-state index contributed by atoms with van der Waals surface area (Å²) in [6.07, 6.45) is 1.59. The normalized spacial score (nSPS) is 9.80. The zero-order chi connectivity index (χ0) is 18.1. The number of ether oxygens (including phenoxy) is 1. The fraction of sp³-hybridized carbons (Fsp3) is 0.111. The molecule has 0 aromatic heterocycles. The van der Waals surface area contributed by atoms with Crippen LogP contribution in [0.1, 0.15) is 0 Å². The number of hydrogen-bond acceptors (Lipinski definition) is 3. The zero-order valence-electron chi connectivity index (χ0n) is 13.4. The molecular weight excluding hydrogens is 342 g/mol. The van der Waals surface area contributed by atoms with Gasteiger partial charge in [0.1, 0.15) is 5.75 Å². The minimum Gasteiger partial charge on any atom is -0.484 e. The summed E-state index contributed by atoms with van der Waals surface area (Å²) in [5.41, 5.74) is 1.21. The van der Waals surface area contributed by atoms with E-state index in [2.05, 4.69) is 22.5 Å². The van der Waals surface area contributed by atoms with Gasteiger partial charge in [0.05, 0.1) is 0 Å². The van der Waals surface area contributed by atoms with Crippen molar-refractivity contribution in [1.29, 1.82) is 0 Å². The minimum absolute atomic E-state index is 0.119. The molecule has 0 radical (unpaired) electrons. The summed E-state index contributed by atoms with van der Waals surface area (Å²) < 4.78 is 5.36. The number of anilines is 2. The third-order valence-electron chi connectivity index (χ3n) is 3.02. The SMILES string of the molecule is C=CCNC(=O)Nc1ccc(NC(=O)COc2ccc(Cl)cc2)cc1. The lowest BCUT2D eigenvalue weighted by molar-refractivity contribution is -0.118. The smallest absolute Gasteiger partial charge is 0.319 e. The number of benzene rings is 2. The fourth-order valence-electron chi connectivity index (χ4n) is 1.85. The van der Waals surface area contributed by atoms with Gasteiger partial charge in [-0.15, -0.1) is 6.58 Å². The van der Waals surface area contributed by atoms with Crippen molar-refractivity contribution in [2.24, 2.45) is 0 Å². The molecule has 2 aromatic rings. The molecule has 2 rings (SSSR count). The van der Waals surface area contributed by atoms with E-state index in [0.29, 0.717) is 28.7 Å². The maximum Gasteiger partial charge on any atom is 0.319 e. The van der Waals surface area contributed by atoms with Gasteiger partial charge in [-0.25, -0.2) is 4.79 Å². The Balaban J connectivity index is 1.79. The average molecular weight is 360 g/mol. The lowest BCUT2D eigenvalue weighted by Gasteiger charge is -2.09. The molecule has 0 bridgehead atoms. The Morgan fingerprint density at radius 2 is 1.60 bits per heavy atom. The summed E-state index contributed by atoms with van der Waals surface area (Å²) in [5.74, 6) is 0.268. The van der Waals surface area contributed by atoms with Gasteiger partial charge >= 0.3 is 6.03 Å². The van der Waals surface area contributed by atoms with Gasteiger partial charge in [0.25, 0.3) is 5.91 Å². The van der Waals surface area contributed by atoms with Crippen molar-refractivity contribution in [3.05, 3.63) is 66.2 Å². The molecule has 25 heavy (non-hydrogen) atoms. The average Bonchev–Trinajstić information content (AvgIpc) is 2.61. The van der Waals surface area contributed by atoms with Crippen LogP contribution in [-0.4, -0.2) is 25.1 Å². The van der Waals surface area contributed by atoms with E-state index in [9.17, 15) is 9.59 Å². The number of hydrogen-bond donors (Lipinski definition) is 3. The summed E-state index contributed by atoms with van der Waals surface area (Å²) in [5, 5.41) is 8.57. The van der Waals surface area contributed by atoms with Crippen molar-refractivity contribution < 1.29 is 14.3 Å². The Morgan fingerprint density at radius 3 is 2.20 bits per heavy atom. The summed E-state index contributed by atoms with van der Waals surface area (Å²) >= 11 is 5.78. The van der Waals surface area contributed by atoms with Crippen LogP contribution in [0, 0.1) is 0 Å². The van der Waals surface area contributed by atoms with E-state index in [1.807, 2.05) is 0 Å². The molecule has 0 aliphatic rings. The Morgan fingerprint density at radius 1 is 1.00 bits per heavy atom. The Labute approximate surface area is 150 Å². The van der Waals surface area contributed by atoms with Gasteiger partial charge in [-0.3, -0.25) is 4.79 Å². The first-order valence-corrected chi connectivity index (χ1v) is 7.88. The molecule has 6 nitrogen and oxygen atoms in total. The molecule has 0 fully saturated rings. The number of nitrogens with one attached hydrogen (secondary N) is 3. The highest BCUT2D eigenvalue weighted by molar-refractivity contribution is 6.30. The molecule has 3 amide bonds. The van der Waals surface area contributed by atoms with E-state index < -0.39 is 0 Å². The molecule has 0 atom stereocenters. The van der Waals surface area contributed by atoms with Crippen LogP contribution in [0.5, 0.6) is 5.75 Å². The number of carbonyl (C=O) groups is 2. The largest absolute Gasteiger partial charge is 0.484 e. The van der Waals surface area contributed by atoms with Crippen LogP contribution in [0.4, 0.5) is 16.2 Å².